The number of urea groups is 1. The quantitative estimate of drug-likeness (QED) is 0.539. The Morgan fingerprint density at radius 2 is 2.07 bits per heavy atom. The van der Waals surface area contributed by atoms with Crippen molar-refractivity contribution in [3.63, 3.8) is 0 Å². The first kappa shape index (κ1) is 19.3. The minimum absolute atomic E-state index is 0.0247. The van der Waals surface area contributed by atoms with Crippen molar-refractivity contribution in [2.75, 3.05) is 25.5 Å². The summed E-state index contributed by atoms with van der Waals surface area (Å²) in [6.07, 6.45) is 8.87. The molecule has 156 valence electrons. The molecule has 1 aliphatic heterocycles. The summed E-state index contributed by atoms with van der Waals surface area (Å²) in [4.78, 5) is 33.3. The topological polar surface area (TPSA) is 87.8 Å². The van der Waals surface area contributed by atoms with Crippen LogP contribution in [0.3, 0.4) is 0 Å². The lowest BCUT2D eigenvalue weighted by atomic mass is 9.60. The molecule has 1 saturated heterocycles. The Kier molecular flexibility index (Phi) is 4.49. The fraction of sp³-hybridized carbons (Fsp3) is 0.400. The van der Waals surface area contributed by atoms with Crippen molar-refractivity contribution >= 4 is 46.0 Å². The molecule has 3 aromatic heterocycles. The van der Waals surface area contributed by atoms with Crippen LogP contribution >= 0.6 is 22.6 Å². The lowest BCUT2D eigenvalue weighted by molar-refractivity contribution is -0.0787. The monoisotopic (exact) mass is 519 g/mol. The second kappa shape index (κ2) is 6.96. The van der Waals surface area contributed by atoms with E-state index >= 15 is 0 Å². The van der Waals surface area contributed by atoms with E-state index in [1.807, 2.05) is 48.1 Å². The Labute approximate surface area is 187 Å². The van der Waals surface area contributed by atoms with Crippen LogP contribution in [0.5, 0.6) is 0 Å². The lowest BCUT2D eigenvalue weighted by Gasteiger charge is -2.60. The number of hydrogen-bond acceptors (Lipinski definition) is 4. The third-order valence-electron chi connectivity index (χ3n) is 6.27. The Hall–Kier alpha value is -2.63. The molecule has 5 rings (SSSR count). The van der Waals surface area contributed by atoms with Gasteiger partial charge in [-0.1, -0.05) is 0 Å². The van der Waals surface area contributed by atoms with Gasteiger partial charge in [0.15, 0.2) is 0 Å². The van der Waals surface area contributed by atoms with Gasteiger partial charge in [0, 0.05) is 60.8 Å². The molecule has 3 aromatic rings. The number of hydrogen-bond donors (Lipinski definition) is 1. The van der Waals surface area contributed by atoms with E-state index in [-0.39, 0.29) is 23.4 Å². The van der Waals surface area contributed by atoms with E-state index in [2.05, 4.69) is 38.0 Å². The van der Waals surface area contributed by atoms with Gasteiger partial charge in [0.05, 0.1) is 6.20 Å². The number of halogens is 1. The van der Waals surface area contributed by atoms with Crippen LogP contribution in [0.4, 0.5) is 10.6 Å². The molecule has 4 heterocycles. The maximum atomic E-state index is 12.9. The third-order valence-corrected chi connectivity index (χ3v) is 6.94. The van der Waals surface area contributed by atoms with Crippen molar-refractivity contribution in [2.24, 2.45) is 12.5 Å². The van der Waals surface area contributed by atoms with E-state index in [1.54, 1.807) is 21.8 Å². The van der Waals surface area contributed by atoms with Crippen LogP contribution in [0.25, 0.3) is 5.65 Å². The first-order valence-electron chi connectivity index (χ1n) is 9.79. The number of pyridine rings is 1. The summed E-state index contributed by atoms with van der Waals surface area (Å²) < 4.78 is 4.65. The van der Waals surface area contributed by atoms with Crippen LogP contribution in [-0.2, 0) is 7.05 Å². The Balaban J connectivity index is 1.16. The normalized spacial score (nSPS) is 17.6. The van der Waals surface area contributed by atoms with E-state index in [4.69, 9.17) is 0 Å². The third kappa shape index (κ3) is 3.13. The van der Waals surface area contributed by atoms with E-state index in [0.717, 1.165) is 35.1 Å². The van der Waals surface area contributed by atoms with Gasteiger partial charge in [0.1, 0.15) is 17.0 Å². The number of anilines is 1. The van der Waals surface area contributed by atoms with Crippen LogP contribution in [-0.4, -0.2) is 67.1 Å². The number of likely N-dealkylation sites (tertiary alicyclic amines) is 1. The van der Waals surface area contributed by atoms with Crippen LogP contribution in [0.15, 0.2) is 36.9 Å². The predicted octanol–water partition coefficient (Wildman–Crippen LogP) is 2.44. The summed E-state index contributed by atoms with van der Waals surface area (Å²) in [5.41, 5.74) is 1.58. The van der Waals surface area contributed by atoms with Crippen molar-refractivity contribution < 1.29 is 9.59 Å². The number of aryl methyl sites for hydroxylation is 1. The minimum Gasteiger partial charge on any atom is -0.337 e. The average molecular weight is 519 g/mol. The maximum Gasteiger partial charge on any atom is 0.322 e. The zero-order chi connectivity index (χ0) is 21.0. The number of carbonyl (C=O) groups is 2. The molecule has 9 nitrogen and oxygen atoms in total. The summed E-state index contributed by atoms with van der Waals surface area (Å²) in [5, 5.41) is 7.11. The van der Waals surface area contributed by atoms with E-state index in [9.17, 15) is 9.59 Å². The molecule has 2 fully saturated rings. The number of rotatable bonds is 3. The first-order valence-corrected chi connectivity index (χ1v) is 10.9. The van der Waals surface area contributed by atoms with Gasteiger partial charge in [-0.05, 0) is 47.6 Å². The second-order valence-electron chi connectivity index (χ2n) is 8.36. The zero-order valence-electron chi connectivity index (χ0n) is 16.7. The zero-order valence-corrected chi connectivity index (χ0v) is 18.9. The summed E-state index contributed by atoms with van der Waals surface area (Å²) in [7, 11) is 3.73. The van der Waals surface area contributed by atoms with Gasteiger partial charge >= 0.3 is 6.03 Å². The largest absolute Gasteiger partial charge is 0.337 e. The molecule has 0 radical (unpaired) electrons. The van der Waals surface area contributed by atoms with Crippen LogP contribution in [0, 0.1) is 8.99 Å². The highest BCUT2D eigenvalue weighted by molar-refractivity contribution is 14.1. The Morgan fingerprint density at radius 1 is 1.30 bits per heavy atom. The smallest absolute Gasteiger partial charge is 0.322 e. The maximum absolute atomic E-state index is 12.9. The Bertz CT molecular complexity index is 1140. The van der Waals surface area contributed by atoms with Crippen molar-refractivity contribution in [3.05, 3.63) is 46.1 Å². The van der Waals surface area contributed by atoms with Gasteiger partial charge in [-0.15, -0.1) is 0 Å². The molecule has 2 aliphatic rings. The van der Waals surface area contributed by atoms with E-state index in [0.29, 0.717) is 11.4 Å². The molecular weight excluding hydrogens is 497 g/mol. The van der Waals surface area contributed by atoms with Gasteiger partial charge < -0.3 is 14.4 Å². The predicted molar refractivity (Wildman–Crippen MR) is 119 cm³/mol. The van der Waals surface area contributed by atoms with E-state index in [1.165, 1.54) is 0 Å². The molecule has 0 aromatic carbocycles. The van der Waals surface area contributed by atoms with Crippen molar-refractivity contribution in [2.45, 2.75) is 18.9 Å². The van der Waals surface area contributed by atoms with Gasteiger partial charge in [-0.3, -0.25) is 10.1 Å². The van der Waals surface area contributed by atoms with E-state index < -0.39 is 0 Å². The highest BCUT2D eigenvalue weighted by Crippen LogP contribution is 2.50. The minimum atomic E-state index is -0.150. The Morgan fingerprint density at radius 3 is 2.80 bits per heavy atom. The second-order valence-corrected chi connectivity index (χ2v) is 9.60. The van der Waals surface area contributed by atoms with Gasteiger partial charge in [0.2, 0.25) is 0 Å². The van der Waals surface area contributed by atoms with Crippen LogP contribution in [0.2, 0.25) is 0 Å². The van der Waals surface area contributed by atoms with Gasteiger partial charge in [-0.25, -0.2) is 14.3 Å². The number of fused-ring (bicyclic) bond motifs is 1. The molecule has 1 saturated carbocycles. The molecule has 30 heavy (non-hydrogen) atoms. The number of carbonyl (C=O) groups excluding carboxylic acids is 2. The SMILES string of the molecule is CN(C(=O)Nc1cc(I)ccn1)C1CC2(C1)CN(C(=O)c1cnn3ccn(C)c13)C2. The molecule has 0 unspecified atom stereocenters. The van der Waals surface area contributed by atoms with Crippen molar-refractivity contribution in [3.8, 4) is 0 Å². The summed E-state index contributed by atoms with van der Waals surface area (Å²) in [6, 6.07) is 3.75. The molecule has 10 heteroatoms. The molecular formula is C20H22IN7O2. The molecule has 1 aliphatic carbocycles. The first-order chi connectivity index (χ1) is 14.3. The number of imidazole rings is 1. The molecule has 3 amide bonds. The number of aromatic nitrogens is 4. The van der Waals surface area contributed by atoms with Crippen molar-refractivity contribution in [1.82, 2.24) is 29.0 Å². The van der Waals surface area contributed by atoms with Crippen molar-refractivity contribution in [1.29, 1.82) is 0 Å². The van der Waals surface area contributed by atoms with Gasteiger partial charge in [0.25, 0.3) is 5.91 Å². The molecule has 0 atom stereocenters. The van der Waals surface area contributed by atoms with Crippen LogP contribution < -0.4 is 5.32 Å². The molecule has 1 spiro atoms. The lowest BCUT2D eigenvalue weighted by Crippen LogP contribution is -2.67. The average Bonchev–Trinajstić information content (AvgIpc) is 3.22. The number of amides is 3. The summed E-state index contributed by atoms with van der Waals surface area (Å²) >= 11 is 2.19. The number of nitrogens with one attached hydrogen (secondary N) is 1. The summed E-state index contributed by atoms with van der Waals surface area (Å²) in [5.74, 6) is 0.582. The molecule has 1 N–H and O–H groups in total. The van der Waals surface area contributed by atoms with Gasteiger partial charge in [-0.2, -0.15) is 5.10 Å². The highest BCUT2D eigenvalue weighted by atomic mass is 127. The summed E-state index contributed by atoms with van der Waals surface area (Å²) in [6.45, 7) is 1.47. The fourth-order valence-electron chi connectivity index (χ4n) is 4.59. The van der Waals surface area contributed by atoms with Crippen LogP contribution in [0.1, 0.15) is 23.2 Å². The number of nitrogens with zero attached hydrogens (tertiary/aromatic N) is 6. The fourth-order valence-corrected chi connectivity index (χ4v) is 5.04. The highest BCUT2D eigenvalue weighted by Gasteiger charge is 2.55. The standard InChI is InChI=1S/C20H22IN7O2/c1-25-5-6-28-17(25)15(10-23-28)18(29)27-11-20(12-27)8-14(9-20)26(2)19(30)24-16-7-13(21)3-4-22-16/h3-7,10,14H,8-9,11-12H2,1-2H3,(H,22,24,30). The molecule has 0 bridgehead atoms.